The van der Waals surface area contributed by atoms with Crippen LogP contribution in [-0.2, 0) is 6.54 Å². The lowest BCUT2D eigenvalue weighted by molar-refractivity contribution is 0.234. The van der Waals surface area contributed by atoms with Crippen LogP contribution < -0.4 is 15.8 Å². The van der Waals surface area contributed by atoms with Gasteiger partial charge < -0.3 is 15.8 Å². The first-order valence-electron chi connectivity index (χ1n) is 6.46. The van der Waals surface area contributed by atoms with Crippen LogP contribution >= 0.6 is 15.9 Å². The molecular formula is C15H18BrN3O. The fourth-order valence-corrected chi connectivity index (χ4v) is 2.12. The van der Waals surface area contributed by atoms with Crippen LogP contribution in [0, 0.1) is 0 Å². The van der Waals surface area contributed by atoms with E-state index < -0.39 is 0 Å². The van der Waals surface area contributed by atoms with Crippen molar-refractivity contribution in [1.82, 2.24) is 4.98 Å². The predicted molar refractivity (Wildman–Crippen MR) is 85.9 cm³/mol. The second-order valence-corrected chi connectivity index (χ2v) is 5.56. The maximum Gasteiger partial charge on any atom is 0.239 e. The van der Waals surface area contributed by atoms with Gasteiger partial charge >= 0.3 is 0 Å². The molecule has 0 bridgehead atoms. The van der Waals surface area contributed by atoms with E-state index in [1.165, 1.54) is 0 Å². The molecule has 5 heteroatoms. The summed E-state index contributed by atoms with van der Waals surface area (Å²) in [4.78, 5) is 4.38. The molecule has 0 atom stereocenters. The van der Waals surface area contributed by atoms with Gasteiger partial charge in [-0.25, -0.2) is 0 Å². The Morgan fingerprint density at radius 3 is 2.70 bits per heavy atom. The fourth-order valence-electron chi connectivity index (χ4n) is 1.69. The van der Waals surface area contributed by atoms with E-state index in [1.807, 2.05) is 38.1 Å². The Morgan fingerprint density at radius 2 is 2.00 bits per heavy atom. The minimum Gasteiger partial charge on any atom is -0.473 e. The largest absolute Gasteiger partial charge is 0.473 e. The molecule has 1 heterocycles. The van der Waals surface area contributed by atoms with Gasteiger partial charge in [0.05, 0.1) is 11.8 Å². The maximum absolute atomic E-state index is 5.85. The van der Waals surface area contributed by atoms with E-state index in [0.29, 0.717) is 18.1 Å². The molecule has 0 aliphatic heterocycles. The minimum absolute atomic E-state index is 0.0447. The average Bonchev–Trinajstić information content (AvgIpc) is 2.40. The first-order valence-corrected chi connectivity index (χ1v) is 7.26. The molecule has 2 rings (SSSR count). The van der Waals surface area contributed by atoms with Gasteiger partial charge in [0, 0.05) is 11.0 Å². The Hall–Kier alpha value is -1.75. The van der Waals surface area contributed by atoms with Gasteiger partial charge in [-0.05, 0) is 37.6 Å². The molecule has 2 aromatic rings. The summed E-state index contributed by atoms with van der Waals surface area (Å²) in [5.74, 6) is 1.21. The third kappa shape index (κ3) is 3.87. The third-order valence-electron chi connectivity index (χ3n) is 2.65. The topological polar surface area (TPSA) is 60.2 Å². The smallest absolute Gasteiger partial charge is 0.239 e. The zero-order valence-corrected chi connectivity index (χ0v) is 13.1. The quantitative estimate of drug-likeness (QED) is 0.871. The maximum atomic E-state index is 5.85. The Morgan fingerprint density at radius 1 is 1.25 bits per heavy atom. The molecule has 0 unspecified atom stereocenters. The summed E-state index contributed by atoms with van der Waals surface area (Å²) in [5.41, 5.74) is 7.56. The number of benzene rings is 1. The van der Waals surface area contributed by atoms with Crippen molar-refractivity contribution in [3.63, 3.8) is 0 Å². The van der Waals surface area contributed by atoms with Crippen LogP contribution in [0.15, 0.2) is 40.9 Å². The summed E-state index contributed by atoms with van der Waals surface area (Å²) in [6.45, 7) is 4.57. The number of halogens is 1. The molecule has 4 nitrogen and oxygen atoms in total. The first kappa shape index (κ1) is 14.7. The zero-order valence-electron chi connectivity index (χ0n) is 11.6. The van der Waals surface area contributed by atoms with E-state index in [9.17, 15) is 0 Å². The van der Waals surface area contributed by atoms with E-state index in [4.69, 9.17) is 10.5 Å². The predicted octanol–water partition coefficient (Wildman–Crippen LogP) is 3.83. The molecule has 0 radical (unpaired) electrons. The van der Waals surface area contributed by atoms with E-state index in [1.54, 1.807) is 6.07 Å². The second-order valence-electron chi connectivity index (χ2n) is 4.70. The molecular weight excluding hydrogens is 318 g/mol. The van der Waals surface area contributed by atoms with Gasteiger partial charge in [-0.1, -0.05) is 34.1 Å². The lowest BCUT2D eigenvalue weighted by Gasteiger charge is -2.13. The molecule has 0 saturated carbocycles. The molecule has 0 spiro atoms. The van der Waals surface area contributed by atoms with Crippen molar-refractivity contribution in [2.24, 2.45) is 0 Å². The standard InChI is InChI=1S/C15H18BrN3O/c1-10(2)20-15-13(17)7-8-14(19-15)18-9-11-5-3-4-6-12(11)16/h3-8,10H,9,17H2,1-2H3,(H,18,19). The molecule has 0 fully saturated rings. The zero-order chi connectivity index (χ0) is 14.5. The highest BCUT2D eigenvalue weighted by molar-refractivity contribution is 9.10. The van der Waals surface area contributed by atoms with Gasteiger partial charge in [-0.3, -0.25) is 0 Å². The number of aromatic nitrogens is 1. The molecule has 0 saturated heterocycles. The summed E-state index contributed by atoms with van der Waals surface area (Å²) in [6, 6.07) is 11.7. The highest BCUT2D eigenvalue weighted by Crippen LogP contribution is 2.23. The fraction of sp³-hybridized carbons (Fsp3) is 0.267. The molecule has 106 valence electrons. The molecule has 1 aromatic carbocycles. The van der Waals surface area contributed by atoms with E-state index in [-0.39, 0.29) is 6.10 Å². The molecule has 0 amide bonds. The van der Waals surface area contributed by atoms with Gasteiger partial charge in [0.2, 0.25) is 5.88 Å². The van der Waals surface area contributed by atoms with Crippen LogP contribution in [-0.4, -0.2) is 11.1 Å². The van der Waals surface area contributed by atoms with E-state index >= 15 is 0 Å². The van der Waals surface area contributed by atoms with Crippen molar-refractivity contribution >= 4 is 27.4 Å². The van der Waals surface area contributed by atoms with Crippen molar-refractivity contribution < 1.29 is 4.74 Å². The Balaban J connectivity index is 2.08. The number of hydrogen-bond acceptors (Lipinski definition) is 4. The first-order chi connectivity index (χ1) is 9.56. The third-order valence-corrected chi connectivity index (χ3v) is 3.43. The highest BCUT2D eigenvalue weighted by atomic mass is 79.9. The molecule has 0 aliphatic rings. The van der Waals surface area contributed by atoms with Gasteiger partial charge in [0.1, 0.15) is 5.82 Å². The Labute approximate surface area is 127 Å². The number of ether oxygens (including phenoxy) is 1. The second kappa shape index (κ2) is 6.61. The van der Waals surface area contributed by atoms with Crippen molar-refractivity contribution in [2.75, 3.05) is 11.1 Å². The van der Waals surface area contributed by atoms with Crippen LogP contribution in [0.4, 0.5) is 11.5 Å². The number of hydrogen-bond donors (Lipinski definition) is 2. The Bertz CT molecular complexity index is 587. The van der Waals surface area contributed by atoms with Gasteiger partial charge in [0.15, 0.2) is 0 Å². The number of nitrogens with zero attached hydrogens (tertiary/aromatic N) is 1. The lowest BCUT2D eigenvalue weighted by atomic mass is 10.2. The van der Waals surface area contributed by atoms with Crippen LogP contribution in [0.5, 0.6) is 5.88 Å². The minimum atomic E-state index is 0.0447. The van der Waals surface area contributed by atoms with Gasteiger partial charge in [-0.15, -0.1) is 0 Å². The average molecular weight is 336 g/mol. The summed E-state index contributed by atoms with van der Waals surface area (Å²) in [6.07, 6.45) is 0.0447. The molecule has 3 N–H and O–H groups in total. The summed E-state index contributed by atoms with van der Waals surface area (Å²) >= 11 is 3.52. The molecule has 0 aliphatic carbocycles. The van der Waals surface area contributed by atoms with Gasteiger partial charge in [-0.2, -0.15) is 4.98 Å². The van der Waals surface area contributed by atoms with Crippen LogP contribution in [0.25, 0.3) is 0 Å². The summed E-state index contributed by atoms with van der Waals surface area (Å²) in [5, 5.41) is 3.27. The van der Waals surface area contributed by atoms with Crippen molar-refractivity contribution in [2.45, 2.75) is 26.5 Å². The SMILES string of the molecule is CC(C)Oc1nc(NCc2ccccc2Br)ccc1N. The van der Waals surface area contributed by atoms with Crippen LogP contribution in [0.1, 0.15) is 19.4 Å². The van der Waals surface area contributed by atoms with Gasteiger partial charge in [0.25, 0.3) is 0 Å². The number of nitrogen functional groups attached to an aromatic ring is 1. The molecule has 1 aromatic heterocycles. The Kier molecular flexibility index (Phi) is 4.84. The van der Waals surface area contributed by atoms with Crippen LogP contribution in [0.2, 0.25) is 0 Å². The monoisotopic (exact) mass is 335 g/mol. The number of nitrogens with one attached hydrogen (secondary N) is 1. The summed E-state index contributed by atoms with van der Waals surface area (Å²) < 4.78 is 6.65. The number of rotatable bonds is 5. The number of nitrogens with two attached hydrogens (primary N) is 1. The summed E-state index contributed by atoms with van der Waals surface area (Å²) in [7, 11) is 0. The van der Waals surface area contributed by atoms with Crippen LogP contribution in [0.3, 0.4) is 0 Å². The van der Waals surface area contributed by atoms with E-state index in [0.717, 1.165) is 15.9 Å². The molecule has 20 heavy (non-hydrogen) atoms. The van der Waals surface area contributed by atoms with Crippen molar-refractivity contribution in [3.05, 3.63) is 46.4 Å². The highest BCUT2D eigenvalue weighted by Gasteiger charge is 2.07. The normalized spacial score (nSPS) is 10.6. The van der Waals surface area contributed by atoms with Crippen molar-refractivity contribution in [3.8, 4) is 5.88 Å². The lowest BCUT2D eigenvalue weighted by Crippen LogP contribution is -2.10. The van der Waals surface area contributed by atoms with Crippen molar-refractivity contribution in [1.29, 1.82) is 0 Å². The number of pyridine rings is 1. The van der Waals surface area contributed by atoms with E-state index in [2.05, 4.69) is 32.3 Å². The number of anilines is 2.